The van der Waals surface area contributed by atoms with Gasteiger partial charge in [-0.1, -0.05) is 36.9 Å². The van der Waals surface area contributed by atoms with Gasteiger partial charge >= 0.3 is 0 Å². The Morgan fingerprint density at radius 2 is 2.11 bits per heavy atom. The fourth-order valence-corrected chi connectivity index (χ4v) is 5.77. The molecule has 2 aromatic heterocycles. The van der Waals surface area contributed by atoms with E-state index in [2.05, 4.69) is 5.32 Å². The lowest BCUT2D eigenvalue weighted by Crippen LogP contribution is -2.32. The molecule has 5 nitrogen and oxygen atoms in total. The second-order valence-electron chi connectivity index (χ2n) is 6.96. The first-order chi connectivity index (χ1) is 13.6. The van der Waals surface area contributed by atoms with E-state index in [4.69, 9.17) is 4.98 Å². The Labute approximate surface area is 172 Å². The molecule has 0 saturated heterocycles. The lowest BCUT2D eigenvalue weighted by atomic mass is 10.2. The second kappa shape index (κ2) is 8.09. The van der Waals surface area contributed by atoms with Crippen molar-refractivity contribution in [3.8, 4) is 5.69 Å². The monoisotopic (exact) mass is 413 g/mol. The quantitative estimate of drug-likeness (QED) is 0.491. The molecule has 0 fully saturated rings. The zero-order valence-electron chi connectivity index (χ0n) is 16.0. The summed E-state index contributed by atoms with van der Waals surface area (Å²) >= 11 is 2.97. The van der Waals surface area contributed by atoms with Gasteiger partial charge in [0.1, 0.15) is 4.83 Å². The summed E-state index contributed by atoms with van der Waals surface area (Å²) < 4.78 is 1.67. The summed E-state index contributed by atoms with van der Waals surface area (Å²) in [7, 11) is 0. The van der Waals surface area contributed by atoms with Gasteiger partial charge in [-0.15, -0.1) is 11.3 Å². The molecule has 1 N–H and O–H groups in total. The molecule has 1 amide bonds. The first-order valence-electron chi connectivity index (χ1n) is 9.67. The molecule has 1 aliphatic carbocycles. The van der Waals surface area contributed by atoms with Crippen LogP contribution in [0.5, 0.6) is 0 Å². The number of hydrogen-bond donors (Lipinski definition) is 1. The van der Waals surface area contributed by atoms with E-state index in [1.807, 2.05) is 44.2 Å². The summed E-state index contributed by atoms with van der Waals surface area (Å²) in [4.78, 5) is 32.8. The van der Waals surface area contributed by atoms with Gasteiger partial charge in [0.05, 0.1) is 16.3 Å². The fourth-order valence-electron chi connectivity index (χ4n) is 3.51. The van der Waals surface area contributed by atoms with E-state index < -0.39 is 0 Å². The van der Waals surface area contributed by atoms with Crippen LogP contribution in [0.1, 0.15) is 37.1 Å². The molecular formula is C21H23N3O2S2. The summed E-state index contributed by atoms with van der Waals surface area (Å²) in [6.45, 7) is 4.53. The minimum atomic E-state index is -0.335. The molecule has 28 heavy (non-hydrogen) atoms. The molecule has 0 radical (unpaired) electrons. The highest BCUT2D eigenvalue weighted by Crippen LogP contribution is 2.36. The van der Waals surface area contributed by atoms with Crippen LogP contribution >= 0.6 is 23.1 Å². The standard InChI is InChI=1S/C21H23N3O2S2/c1-3-12-22-18(25)13(2)27-21-23-19-17(15-10-7-11-16(15)28-19)20(26)24(21)14-8-5-4-6-9-14/h4-6,8-9,13H,3,7,10-12H2,1-2H3,(H,22,25). The average Bonchev–Trinajstić information content (AvgIpc) is 3.27. The van der Waals surface area contributed by atoms with E-state index in [-0.39, 0.29) is 16.7 Å². The Kier molecular flexibility index (Phi) is 5.55. The molecule has 0 bridgehead atoms. The van der Waals surface area contributed by atoms with Crippen LogP contribution in [0, 0.1) is 0 Å². The fraction of sp³-hybridized carbons (Fsp3) is 0.381. The van der Waals surface area contributed by atoms with E-state index in [0.29, 0.717) is 11.7 Å². The highest BCUT2D eigenvalue weighted by molar-refractivity contribution is 8.00. The van der Waals surface area contributed by atoms with Gasteiger partial charge in [-0.05, 0) is 50.3 Å². The predicted molar refractivity (Wildman–Crippen MR) is 116 cm³/mol. The number of aromatic nitrogens is 2. The third-order valence-electron chi connectivity index (χ3n) is 4.92. The van der Waals surface area contributed by atoms with Gasteiger partial charge in [0.15, 0.2) is 5.16 Å². The Bertz CT molecular complexity index is 1070. The number of carbonyl (C=O) groups excluding carboxylic acids is 1. The molecule has 7 heteroatoms. The van der Waals surface area contributed by atoms with Gasteiger partial charge in [-0.25, -0.2) is 4.98 Å². The Morgan fingerprint density at radius 1 is 1.32 bits per heavy atom. The number of thiophene rings is 1. The first kappa shape index (κ1) is 19.2. The number of carbonyl (C=O) groups is 1. The molecule has 0 aliphatic heterocycles. The van der Waals surface area contributed by atoms with Crippen molar-refractivity contribution in [2.45, 2.75) is 49.9 Å². The minimum absolute atomic E-state index is 0.0285. The molecule has 3 aromatic rings. The number of rotatable bonds is 6. The number of thioether (sulfide) groups is 1. The maximum absolute atomic E-state index is 13.5. The summed E-state index contributed by atoms with van der Waals surface area (Å²) in [5, 5.41) is 3.92. The summed E-state index contributed by atoms with van der Waals surface area (Å²) in [6.07, 6.45) is 3.97. The number of fused-ring (bicyclic) bond motifs is 3. The van der Waals surface area contributed by atoms with Gasteiger partial charge in [-0.2, -0.15) is 0 Å². The van der Waals surface area contributed by atoms with Crippen LogP contribution in [0.15, 0.2) is 40.3 Å². The van der Waals surface area contributed by atoms with Crippen LogP contribution in [0.4, 0.5) is 0 Å². The number of nitrogens with zero attached hydrogens (tertiary/aromatic N) is 2. The third kappa shape index (κ3) is 3.49. The Morgan fingerprint density at radius 3 is 2.86 bits per heavy atom. The van der Waals surface area contributed by atoms with Crippen molar-refractivity contribution >= 4 is 39.2 Å². The van der Waals surface area contributed by atoms with Crippen molar-refractivity contribution in [3.05, 3.63) is 51.1 Å². The normalized spacial score (nSPS) is 14.2. The molecule has 0 saturated carbocycles. The van der Waals surface area contributed by atoms with E-state index in [1.165, 1.54) is 22.2 Å². The zero-order valence-corrected chi connectivity index (χ0v) is 17.7. The molecule has 2 heterocycles. The van der Waals surface area contributed by atoms with E-state index >= 15 is 0 Å². The summed E-state index contributed by atoms with van der Waals surface area (Å²) in [5.41, 5.74) is 1.93. The average molecular weight is 414 g/mol. The van der Waals surface area contributed by atoms with Crippen LogP contribution in [0.25, 0.3) is 15.9 Å². The van der Waals surface area contributed by atoms with Crippen molar-refractivity contribution < 1.29 is 4.79 Å². The smallest absolute Gasteiger partial charge is 0.267 e. The minimum Gasteiger partial charge on any atom is -0.355 e. The van der Waals surface area contributed by atoms with Gasteiger partial charge in [0, 0.05) is 11.4 Å². The molecule has 1 atom stereocenters. The molecule has 1 aromatic carbocycles. The number of para-hydroxylation sites is 1. The molecular weight excluding hydrogens is 390 g/mol. The lowest BCUT2D eigenvalue weighted by Gasteiger charge is -2.16. The first-order valence-corrected chi connectivity index (χ1v) is 11.4. The molecule has 1 aliphatic rings. The Balaban J connectivity index is 1.83. The number of benzene rings is 1. The lowest BCUT2D eigenvalue weighted by molar-refractivity contribution is -0.120. The number of aryl methyl sites for hydroxylation is 2. The predicted octanol–water partition coefficient (Wildman–Crippen LogP) is 3.94. The van der Waals surface area contributed by atoms with Gasteiger partial charge < -0.3 is 5.32 Å². The highest BCUT2D eigenvalue weighted by atomic mass is 32.2. The summed E-state index contributed by atoms with van der Waals surface area (Å²) in [5.74, 6) is -0.0329. The summed E-state index contributed by atoms with van der Waals surface area (Å²) in [6, 6.07) is 9.57. The topological polar surface area (TPSA) is 64.0 Å². The van der Waals surface area contributed by atoms with E-state index in [0.717, 1.165) is 41.6 Å². The molecule has 0 spiro atoms. The van der Waals surface area contributed by atoms with Crippen LogP contribution in [0.3, 0.4) is 0 Å². The van der Waals surface area contributed by atoms with Crippen LogP contribution < -0.4 is 10.9 Å². The van der Waals surface area contributed by atoms with Crippen molar-refractivity contribution in [2.75, 3.05) is 6.54 Å². The maximum Gasteiger partial charge on any atom is 0.267 e. The largest absolute Gasteiger partial charge is 0.355 e. The molecule has 1 unspecified atom stereocenters. The SMILES string of the molecule is CCCNC(=O)C(C)Sc1nc2sc3c(c2c(=O)n1-c1ccccc1)CCC3. The van der Waals surface area contributed by atoms with Crippen LogP contribution in [-0.2, 0) is 17.6 Å². The van der Waals surface area contributed by atoms with Gasteiger partial charge in [-0.3, -0.25) is 14.2 Å². The molecule has 146 valence electrons. The number of hydrogen-bond acceptors (Lipinski definition) is 5. The highest BCUT2D eigenvalue weighted by Gasteiger charge is 2.25. The van der Waals surface area contributed by atoms with Crippen LogP contribution in [-0.4, -0.2) is 27.3 Å². The van der Waals surface area contributed by atoms with Crippen molar-refractivity contribution in [2.24, 2.45) is 0 Å². The third-order valence-corrected chi connectivity index (χ3v) is 7.16. The van der Waals surface area contributed by atoms with Crippen molar-refractivity contribution in [3.63, 3.8) is 0 Å². The zero-order chi connectivity index (χ0) is 19.7. The van der Waals surface area contributed by atoms with E-state index in [9.17, 15) is 9.59 Å². The van der Waals surface area contributed by atoms with Crippen LogP contribution in [0.2, 0.25) is 0 Å². The Hall–Kier alpha value is -2.12. The number of nitrogens with one attached hydrogen (secondary N) is 1. The van der Waals surface area contributed by atoms with Crippen molar-refractivity contribution in [1.29, 1.82) is 0 Å². The van der Waals surface area contributed by atoms with Gasteiger partial charge in [0.2, 0.25) is 5.91 Å². The van der Waals surface area contributed by atoms with Gasteiger partial charge in [0.25, 0.3) is 5.56 Å². The van der Waals surface area contributed by atoms with Crippen molar-refractivity contribution in [1.82, 2.24) is 14.9 Å². The van der Waals surface area contributed by atoms with E-state index in [1.54, 1.807) is 15.9 Å². The maximum atomic E-state index is 13.5. The second-order valence-corrected chi connectivity index (χ2v) is 9.35. The number of amides is 1. The molecule has 4 rings (SSSR count).